The molecule has 1 aromatic heterocycles. The van der Waals surface area contributed by atoms with E-state index in [4.69, 9.17) is 10.5 Å². The first-order valence-electron chi connectivity index (χ1n) is 8.57. The first kappa shape index (κ1) is 19.6. The summed E-state index contributed by atoms with van der Waals surface area (Å²) in [4.78, 5) is 51.2. The molecule has 1 heterocycles. The Labute approximate surface area is 164 Å². The van der Waals surface area contributed by atoms with Gasteiger partial charge in [-0.2, -0.15) is 0 Å². The quantitative estimate of drug-likeness (QED) is 0.493. The number of amides is 3. The van der Waals surface area contributed by atoms with Crippen molar-refractivity contribution in [3.63, 3.8) is 0 Å². The fourth-order valence-corrected chi connectivity index (χ4v) is 2.75. The standard InChI is InChI=1S/C20H18N4O5/c1-29-16-7-6-11(19(21)27)8-15(16)24-17(25)10-23-20(28)13-9-22-14-5-3-2-4-12(14)18(13)26/h2-9H,10H2,1H3,(H2,21,27)(H,22,26)(H,23,28)(H,24,25). The highest BCUT2D eigenvalue weighted by Gasteiger charge is 2.15. The minimum absolute atomic E-state index is 0.107. The third-order valence-corrected chi connectivity index (χ3v) is 4.20. The second kappa shape index (κ2) is 8.26. The Kier molecular flexibility index (Phi) is 5.59. The van der Waals surface area contributed by atoms with Crippen molar-refractivity contribution in [2.24, 2.45) is 5.73 Å². The van der Waals surface area contributed by atoms with Gasteiger partial charge >= 0.3 is 0 Å². The van der Waals surface area contributed by atoms with Crippen LogP contribution >= 0.6 is 0 Å². The van der Waals surface area contributed by atoms with E-state index in [0.717, 1.165) is 0 Å². The van der Waals surface area contributed by atoms with Crippen molar-refractivity contribution in [3.05, 3.63) is 70.0 Å². The zero-order valence-electron chi connectivity index (χ0n) is 15.4. The largest absolute Gasteiger partial charge is 0.495 e. The van der Waals surface area contributed by atoms with Crippen LogP contribution in [0.3, 0.4) is 0 Å². The monoisotopic (exact) mass is 394 g/mol. The van der Waals surface area contributed by atoms with Crippen LogP contribution in [0.15, 0.2) is 53.5 Å². The third kappa shape index (κ3) is 4.24. The van der Waals surface area contributed by atoms with Gasteiger partial charge in [-0.1, -0.05) is 12.1 Å². The van der Waals surface area contributed by atoms with Gasteiger partial charge < -0.3 is 26.1 Å². The van der Waals surface area contributed by atoms with Crippen LogP contribution in [0.1, 0.15) is 20.7 Å². The number of ether oxygens (including phenoxy) is 1. The van der Waals surface area contributed by atoms with Gasteiger partial charge in [0.1, 0.15) is 11.3 Å². The molecule has 9 nitrogen and oxygen atoms in total. The van der Waals surface area contributed by atoms with Crippen molar-refractivity contribution >= 4 is 34.3 Å². The van der Waals surface area contributed by atoms with Crippen LogP contribution in [0.5, 0.6) is 5.75 Å². The molecule has 0 radical (unpaired) electrons. The van der Waals surface area contributed by atoms with Gasteiger partial charge in [0.25, 0.3) is 5.91 Å². The van der Waals surface area contributed by atoms with Gasteiger partial charge in [0.05, 0.1) is 19.3 Å². The number of hydrogen-bond donors (Lipinski definition) is 4. The van der Waals surface area contributed by atoms with Gasteiger partial charge in [-0.25, -0.2) is 0 Å². The Balaban J connectivity index is 1.71. The molecule has 3 amide bonds. The summed E-state index contributed by atoms with van der Waals surface area (Å²) in [6.45, 7) is -0.394. The summed E-state index contributed by atoms with van der Waals surface area (Å²) in [5.41, 5.74) is 5.72. The number of nitrogens with two attached hydrogens (primary N) is 1. The zero-order valence-corrected chi connectivity index (χ0v) is 15.4. The van der Waals surface area contributed by atoms with Gasteiger partial charge in [0.2, 0.25) is 17.2 Å². The van der Waals surface area contributed by atoms with Crippen molar-refractivity contribution in [1.29, 1.82) is 0 Å². The highest BCUT2D eigenvalue weighted by molar-refractivity contribution is 6.02. The zero-order chi connectivity index (χ0) is 21.0. The first-order valence-corrected chi connectivity index (χ1v) is 8.57. The van der Waals surface area contributed by atoms with Crippen molar-refractivity contribution < 1.29 is 19.1 Å². The summed E-state index contributed by atoms with van der Waals surface area (Å²) in [6, 6.07) is 11.1. The highest BCUT2D eigenvalue weighted by atomic mass is 16.5. The molecule has 0 unspecified atom stereocenters. The lowest BCUT2D eigenvalue weighted by Gasteiger charge is -2.12. The molecule has 0 aliphatic heterocycles. The molecule has 3 rings (SSSR count). The number of benzene rings is 2. The SMILES string of the molecule is COc1ccc(C(N)=O)cc1NC(=O)CNC(=O)c1c[nH]c2ccccc2c1=O. The average Bonchev–Trinajstić information content (AvgIpc) is 2.72. The van der Waals surface area contributed by atoms with Crippen molar-refractivity contribution in [1.82, 2.24) is 10.3 Å². The number of methoxy groups -OCH3 is 1. The van der Waals surface area contributed by atoms with E-state index >= 15 is 0 Å². The van der Waals surface area contributed by atoms with E-state index < -0.39 is 29.7 Å². The molecule has 29 heavy (non-hydrogen) atoms. The van der Waals surface area contributed by atoms with E-state index in [9.17, 15) is 19.2 Å². The van der Waals surface area contributed by atoms with Gasteiger partial charge in [-0.05, 0) is 30.3 Å². The van der Waals surface area contributed by atoms with Crippen LogP contribution in [0.4, 0.5) is 5.69 Å². The third-order valence-electron chi connectivity index (χ3n) is 4.20. The molecule has 5 N–H and O–H groups in total. The minimum Gasteiger partial charge on any atom is -0.495 e. The maximum Gasteiger partial charge on any atom is 0.257 e. The molecule has 0 aliphatic carbocycles. The summed E-state index contributed by atoms with van der Waals surface area (Å²) in [5, 5.41) is 5.30. The van der Waals surface area contributed by atoms with Crippen LogP contribution in [0.2, 0.25) is 0 Å². The second-order valence-electron chi connectivity index (χ2n) is 6.09. The predicted octanol–water partition coefficient (Wildman–Crippen LogP) is 1.00. The van der Waals surface area contributed by atoms with Crippen LogP contribution in [-0.2, 0) is 4.79 Å². The number of pyridine rings is 1. The normalized spacial score (nSPS) is 10.4. The Morgan fingerprint density at radius 2 is 1.90 bits per heavy atom. The molecule has 0 atom stereocenters. The van der Waals surface area contributed by atoms with Crippen molar-refractivity contribution in [3.8, 4) is 5.75 Å². The number of H-pyrrole nitrogens is 1. The van der Waals surface area contributed by atoms with Gasteiger partial charge in [-0.3, -0.25) is 19.2 Å². The number of primary amides is 1. The topological polar surface area (TPSA) is 143 Å². The Bertz CT molecular complexity index is 1170. The molecule has 0 aliphatic rings. The molecule has 148 valence electrons. The second-order valence-corrected chi connectivity index (χ2v) is 6.09. The van der Waals surface area contributed by atoms with E-state index in [1.807, 2.05) is 0 Å². The number of nitrogens with one attached hydrogen (secondary N) is 3. The lowest BCUT2D eigenvalue weighted by atomic mass is 10.1. The number of anilines is 1. The summed E-state index contributed by atoms with van der Waals surface area (Å²) >= 11 is 0. The molecular weight excluding hydrogens is 376 g/mol. The van der Waals surface area contributed by atoms with E-state index in [1.54, 1.807) is 24.3 Å². The van der Waals surface area contributed by atoms with Crippen LogP contribution in [0.25, 0.3) is 10.9 Å². The minimum atomic E-state index is -0.690. The lowest BCUT2D eigenvalue weighted by molar-refractivity contribution is -0.115. The maximum absolute atomic E-state index is 12.4. The molecule has 3 aromatic rings. The molecule has 0 bridgehead atoms. The summed E-state index contributed by atoms with van der Waals surface area (Å²) < 4.78 is 5.13. The van der Waals surface area contributed by atoms with Gasteiger partial charge in [-0.15, -0.1) is 0 Å². The highest BCUT2D eigenvalue weighted by Crippen LogP contribution is 2.25. The number of rotatable bonds is 6. The number of para-hydroxylation sites is 1. The molecule has 0 fully saturated rings. The smallest absolute Gasteiger partial charge is 0.257 e. The number of hydrogen-bond acceptors (Lipinski definition) is 5. The van der Waals surface area contributed by atoms with E-state index in [1.165, 1.54) is 31.5 Å². The fraction of sp³-hybridized carbons (Fsp3) is 0.100. The summed E-state index contributed by atoms with van der Waals surface area (Å²) in [7, 11) is 1.41. The lowest BCUT2D eigenvalue weighted by Crippen LogP contribution is -2.35. The fourth-order valence-electron chi connectivity index (χ4n) is 2.75. The molecule has 2 aromatic carbocycles. The predicted molar refractivity (Wildman–Crippen MR) is 107 cm³/mol. The van der Waals surface area contributed by atoms with Gasteiger partial charge in [0.15, 0.2) is 0 Å². The number of fused-ring (bicyclic) bond motifs is 1. The molecule has 0 saturated carbocycles. The molecule has 0 saturated heterocycles. The Morgan fingerprint density at radius 1 is 1.14 bits per heavy atom. The average molecular weight is 394 g/mol. The maximum atomic E-state index is 12.4. The van der Waals surface area contributed by atoms with Crippen molar-refractivity contribution in [2.75, 3.05) is 19.0 Å². The van der Waals surface area contributed by atoms with Crippen LogP contribution in [0, 0.1) is 0 Å². The number of carbonyl (C=O) groups excluding carboxylic acids is 3. The molecule has 9 heteroatoms. The van der Waals surface area contributed by atoms with Crippen LogP contribution in [-0.4, -0.2) is 36.4 Å². The molecule has 0 spiro atoms. The van der Waals surface area contributed by atoms with E-state index in [0.29, 0.717) is 16.7 Å². The number of carbonyl (C=O) groups is 3. The first-order chi connectivity index (χ1) is 13.9. The van der Waals surface area contributed by atoms with E-state index in [-0.39, 0.29) is 16.8 Å². The summed E-state index contributed by atoms with van der Waals surface area (Å²) in [5.74, 6) is -1.60. The Hall–Kier alpha value is -4.14. The van der Waals surface area contributed by atoms with Crippen LogP contribution < -0.4 is 26.5 Å². The summed E-state index contributed by atoms with van der Waals surface area (Å²) in [6.07, 6.45) is 1.30. The van der Waals surface area contributed by atoms with Crippen molar-refractivity contribution in [2.45, 2.75) is 0 Å². The molecular formula is C20H18N4O5. The number of aromatic amines is 1. The number of aromatic nitrogens is 1. The van der Waals surface area contributed by atoms with E-state index in [2.05, 4.69) is 15.6 Å². The van der Waals surface area contributed by atoms with Gasteiger partial charge in [0, 0.05) is 22.7 Å². The Morgan fingerprint density at radius 3 is 2.62 bits per heavy atom.